The summed E-state index contributed by atoms with van der Waals surface area (Å²) in [5.74, 6) is -0.138. The highest BCUT2D eigenvalue weighted by Gasteiger charge is 2.30. The number of benzene rings is 3. The summed E-state index contributed by atoms with van der Waals surface area (Å²) in [6.07, 6.45) is 2.24. The molecule has 0 aromatic heterocycles. The molecule has 0 heterocycles. The van der Waals surface area contributed by atoms with E-state index in [2.05, 4.69) is 12.2 Å². The summed E-state index contributed by atoms with van der Waals surface area (Å²) in [5.41, 5.74) is 1.78. The van der Waals surface area contributed by atoms with Crippen molar-refractivity contribution in [1.29, 1.82) is 0 Å². The fraction of sp³-hybridized carbons (Fsp3) is 0.286. The van der Waals surface area contributed by atoms with Gasteiger partial charge in [-0.25, -0.2) is 0 Å². The van der Waals surface area contributed by atoms with Gasteiger partial charge in [0.25, 0.3) is 0 Å². The van der Waals surface area contributed by atoms with E-state index in [1.165, 1.54) is 11.8 Å². The van der Waals surface area contributed by atoms with Crippen LogP contribution >= 0.6 is 46.6 Å². The molecule has 1 unspecified atom stereocenters. The molecule has 0 saturated heterocycles. The first-order valence-corrected chi connectivity index (χ1v) is 13.9. The number of nitrogens with one attached hydrogen (secondary N) is 1. The second-order valence-electron chi connectivity index (χ2n) is 8.36. The Morgan fingerprint density at radius 3 is 2.31 bits per heavy atom. The predicted octanol–water partition coefficient (Wildman–Crippen LogP) is 7.30. The van der Waals surface area contributed by atoms with Crippen LogP contribution in [0.3, 0.4) is 0 Å². The molecular weight excluding hydrogens is 535 g/mol. The minimum atomic E-state index is -0.683. The first-order valence-electron chi connectivity index (χ1n) is 11.8. The summed E-state index contributed by atoms with van der Waals surface area (Å²) in [7, 11) is 0. The lowest BCUT2D eigenvalue weighted by Gasteiger charge is -2.31. The van der Waals surface area contributed by atoms with Crippen molar-refractivity contribution < 1.29 is 9.59 Å². The van der Waals surface area contributed by atoms with Gasteiger partial charge in [-0.05, 0) is 53.9 Å². The van der Waals surface area contributed by atoms with Gasteiger partial charge in [0.05, 0.1) is 15.8 Å². The lowest BCUT2D eigenvalue weighted by atomic mass is 10.0. The smallest absolute Gasteiger partial charge is 0.243 e. The van der Waals surface area contributed by atoms with Crippen LogP contribution in [0.25, 0.3) is 0 Å². The number of hydrogen-bond donors (Lipinski definition) is 1. The van der Waals surface area contributed by atoms with Gasteiger partial charge in [-0.2, -0.15) is 0 Å². The molecule has 0 aliphatic rings. The van der Waals surface area contributed by atoms with E-state index < -0.39 is 6.04 Å². The van der Waals surface area contributed by atoms with E-state index in [1.54, 1.807) is 29.2 Å². The third kappa shape index (κ3) is 8.74. The first kappa shape index (κ1) is 28.4. The molecule has 2 amide bonds. The van der Waals surface area contributed by atoms with Gasteiger partial charge in [-0.15, -0.1) is 11.8 Å². The normalized spacial score (nSPS) is 11.7. The van der Waals surface area contributed by atoms with Crippen molar-refractivity contribution in [3.8, 4) is 0 Å². The van der Waals surface area contributed by atoms with E-state index in [9.17, 15) is 9.59 Å². The zero-order valence-corrected chi connectivity index (χ0v) is 23.1. The van der Waals surface area contributed by atoms with Crippen molar-refractivity contribution in [2.24, 2.45) is 0 Å². The maximum atomic E-state index is 13.6. The fourth-order valence-corrected chi connectivity index (χ4v) is 4.88. The van der Waals surface area contributed by atoms with Gasteiger partial charge >= 0.3 is 0 Å². The molecule has 0 saturated carbocycles. The number of unbranched alkanes of at least 4 members (excludes halogenated alkanes) is 1. The molecule has 0 aliphatic heterocycles. The number of carbonyl (C=O) groups excluding carboxylic acids is 2. The van der Waals surface area contributed by atoms with Crippen molar-refractivity contribution in [2.75, 3.05) is 12.3 Å². The Bertz CT molecular complexity index is 1140. The van der Waals surface area contributed by atoms with Crippen molar-refractivity contribution in [3.05, 3.63) is 99.0 Å². The van der Waals surface area contributed by atoms with Crippen LogP contribution in [0.2, 0.25) is 15.1 Å². The van der Waals surface area contributed by atoms with Gasteiger partial charge in [0.2, 0.25) is 11.8 Å². The Hall–Kier alpha value is -2.18. The van der Waals surface area contributed by atoms with Gasteiger partial charge in [0, 0.05) is 29.4 Å². The molecule has 8 heteroatoms. The minimum absolute atomic E-state index is 0.146. The molecule has 0 aliphatic carbocycles. The highest BCUT2D eigenvalue weighted by molar-refractivity contribution is 8.00. The number of rotatable bonds is 12. The number of nitrogens with zero attached hydrogens (tertiary/aromatic N) is 1. The lowest BCUT2D eigenvalue weighted by Crippen LogP contribution is -2.51. The van der Waals surface area contributed by atoms with E-state index in [4.69, 9.17) is 34.8 Å². The van der Waals surface area contributed by atoms with Gasteiger partial charge < -0.3 is 10.2 Å². The lowest BCUT2D eigenvalue weighted by molar-refractivity contribution is -0.139. The Labute approximate surface area is 232 Å². The number of carbonyl (C=O) groups is 2. The average molecular weight is 564 g/mol. The zero-order valence-electron chi connectivity index (χ0n) is 20.1. The Kier molecular flexibility index (Phi) is 11.5. The topological polar surface area (TPSA) is 49.4 Å². The highest BCUT2D eigenvalue weighted by Crippen LogP contribution is 2.26. The molecule has 1 N–H and O–H groups in total. The molecular formula is C28H29Cl3N2O2S. The molecule has 0 fully saturated rings. The van der Waals surface area contributed by atoms with E-state index in [-0.39, 0.29) is 24.1 Å². The molecule has 3 aromatic carbocycles. The van der Waals surface area contributed by atoms with Crippen LogP contribution in [0.1, 0.15) is 30.9 Å². The SMILES string of the molecule is CCCCNC(=O)C(Cc1ccccc1)N(Cc1ccc(Cl)c(Cl)c1)C(=O)CSc1ccc(Cl)cc1. The van der Waals surface area contributed by atoms with Gasteiger partial charge in [0.15, 0.2) is 0 Å². The van der Waals surface area contributed by atoms with E-state index in [0.717, 1.165) is 28.9 Å². The number of thioether (sulfide) groups is 1. The van der Waals surface area contributed by atoms with Crippen molar-refractivity contribution in [1.82, 2.24) is 10.2 Å². The van der Waals surface area contributed by atoms with Crippen LogP contribution < -0.4 is 5.32 Å². The summed E-state index contributed by atoms with van der Waals surface area (Å²) >= 11 is 19.8. The molecule has 3 rings (SSSR count). The van der Waals surface area contributed by atoms with Crippen LogP contribution in [0.15, 0.2) is 77.7 Å². The third-order valence-corrected chi connectivity index (χ3v) is 7.60. The van der Waals surface area contributed by atoms with Crippen LogP contribution in [-0.4, -0.2) is 35.1 Å². The van der Waals surface area contributed by atoms with Crippen LogP contribution in [0.5, 0.6) is 0 Å². The van der Waals surface area contributed by atoms with Crippen molar-refractivity contribution in [2.45, 2.75) is 43.7 Å². The predicted molar refractivity (Wildman–Crippen MR) is 151 cm³/mol. The third-order valence-electron chi connectivity index (χ3n) is 5.61. The summed E-state index contributed by atoms with van der Waals surface area (Å²) < 4.78 is 0. The number of halogens is 3. The molecule has 0 radical (unpaired) electrons. The van der Waals surface area contributed by atoms with Crippen molar-refractivity contribution >= 4 is 58.4 Å². The molecule has 0 bridgehead atoms. The summed E-state index contributed by atoms with van der Waals surface area (Å²) in [5, 5.41) is 4.51. The minimum Gasteiger partial charge on any atom is -0.354 e. The summed E-state index contributed by atoms with van der Waals surface area (Å²) in [4.78, 5) is 29.6. The molecule has 4 nitrogen and oxygen atoms in total. The van der Waals surface area contributed by atoms with E-state index >= 15 is 0 Å². The van der Waals surface area contributed by atoms with Crippen molar-refractivity contribution in [3.63, 3.8) is 0 Å². The quantitative estimate of drug-likeness (QED) is 0.186. The number of amides is 2. The Morgan fingerprint density at radius 2 is 1.64 bits per heavy atom. The zero-order chi connectivity index (χ0) is 25.9. The van der Waals surface area contributed by atoms with Crippen LogP contribution in [0.4, 0.5) is 0 Å². The standard InChI is InChI=1S/C28H29Cl3N2O2S/c1-2-3-15-32-28(35)26(17-20-7-5-4-6-8-20)33(18-21-9-14-24(30)25(31)16-21)27(34)19-36-23-12-10-22(29)11-13-23/h4-14,16,26H,2-3,15,17-19H2,1H3,(H,32,35). The summed E-state index contributed by atoms with van der Waals surface area (Å²) in [6, 6.07) is 21.7. The summed E-state index contributed by atoms with van der Waals surface area (Å²) in [6.45, 7) is 2.87. The first-order chi connectivity index (χ1) is 17.4. The molecule has 190 valence electrons. The second-order valence-corrected chi connectivity index (χ2v) is 10.7. The van der Waals surface area contributed by atoms with Crippen LogP contribution in [0, 0.1) is 0 Å². The maximum Gasteiger partial charge on any atom is 0.243 e. The van der Waals surface area contributed by atoms with Gasteiger partial charge in [-0.1, -0.05) is 84.5 Å². The molecule has 0 spiro atoms. The highest BCUT2D eigenvalue weighted by atomic mass is 35.5. The fourth-order valence-electron chi connectivity index (χ4n) is 3.65. The van der Waals surface area contributed by atoms with Crippen LogP contribution in [-0.2, 0) is 22.6 Å². The van der Waals surface area contributed by atoms with Gasteiger partial charge in [-0.3, -0.25) is 9.59 Å². The maximum absolute atomic E-state index is 13.6. The monoisotopic (exact) mass is 562 g/mol. The molecule has 36 heavy (non-hydrogen) atoms. The Balaban J connectivity index is 1.89. The average Bonchev–Trinajstić information content (AvgIpc) is 2.88. The molecule has 1 atom stereocenters. The molecule has 3 aromatic rings. The number of hydrogen-bond acceptors (Lipinski definition) is 3. The van der Waals surface area contributed by atoms with Gasteiger partial charge in [0.1, 0.15) is 6.04 Å². The Morgan fingerprint density at radius 1 is 0.917 bits per heavy atom. The van der Waals surface area contributed by atoms with E-state index in [1.807, 2.05) is 48.5 Å². The largest absolute Gasteiger partial charge is 0.354 e. The second kappa shape index (κ2) is 14.5. The van der Waals surface area contributed by atoms with E-state index in [0.29, 0.717) is 28.0 Å².